The van der Waals surface area contributed by atoms with Gasteiger partial charge in [-0.3, -0.25) is 0 Å². The van der Waals surface area contributed by atoms with Crippen LogP contribution in [0.5, 0.6) is 0 Å². The SMILES string of the molecule is C=C/C=C/C.CC1=Cc2c(-c3ccccc3)cccc2C1[Si](C)(C)NC(C)(C)C. The van der Waals surface area contributed by atoms with Crippen molar-refractivity contribution in [3.05, 3.63) is 90.0 Å². The largest absolute Gasteiger partial charge is 0.332 e. The van der Waals surface area contributed by atoms with Gasteiger partial charge in [0.25, 0.3) is 0 Å². The minimum Gasteiger partial charge on any atom is -0.332 e. The average Bonchev–Trinajstić information content (AvgIpc) is 2.98. The minimum absolute atomic E-state index is 0.149. The van der Waals surface area contributed by atoms with E-state index in [1.54, 1.807) is 6.08 Å². The third-order valence-electron chi connectivity index (χ3n) is 5.11. The van der Waals surface area contributed by atoms with Crippen molar-refractivity contribution in [3.8, 4) is 11.1 Å². The van der Waals surface area contributed by atoms with Crippen LogP contribution >= 0.6 is 0 Å². The van der Waals surface area contributed by atoms with Gasteiger partial charge in [-0.2, -0.15) is 0 Å². The van der Waals surface area contributed by atoms with Crippen LogP contribution in [0, 0.1) is 0 Å². The Balaban J connectivity index is 0.000000537. The zero-order valence-corrected chi connectivity index (χ0v) is 20.2. The van der Waals surface area contributed by atoms with E-state index in [4.69, 9.17) is 0 Å². The van der Waals surface area contributed by atoms with E-state index >= 15 is 0 Å². The second-order valence-electron chi connectivity index (χ2n) is 9.35. The van der Waals surface area contributed by atoms with E-state index in [9.17, 15) is 0 Å². The first kappa shape index (κ1) is 23.1. The summed E-state index contributed by atoms with van der Waals surface area (Å²) in [7, 11) is -1.66. The number of hydrogen-bond donors (Lipinski definition) is 1. The molecular formula is C27H37NSi. The van der Waals surface area contributed by atoms with E-state index < -0.39 is 8.24 Å². The number of nitrogens with one attached hydrogen (secondary N) is 1. The van der Waals surface area contributed by atoms with Crippen molar-refractivity contribution in [3.63, 3.8) is 0 Å². The maximum atomic E-state index is 3.97. The van der Waals surface area contributed by atoms with Crippen LogP contribution in [0.3, 0.4) is 0 Å². The number of allylic oxidation sites excluding steroid dienone is 4. The standard InChI is InChI=1S/C22H29NSi.C5H8/c1-16-15-20-18(17-11-8-7-9-12-17)13-10-14-19(20)21(16)24(5,6)23-22(2,3)4;1-3-5-4-2/h7-15,21,23H,1-6H3;3-5H,1H2,2H3/b;5-4+. The van der Waals surface area contributed by atoms with Crippen LogP contribution in [0.15, 0.2) is 78.9 Å². The summed E-state index contributed by atoms with van der Waals surface area (Å²) in [5.74, 6) is 0. The maximum absolute atomic E-state index is 3.97. The molecule has 0 saturated carbocycles. The Morgan fingerprint density at radius 3 is 2.17 bits per heavy atom. The Morgan fingerprint density at radius 1 is 1.00 bits per heavy atom. The van der Waals surface area contributed by atoms with Crippen LogP contribution in [0.1, 0.15) is 51.3 Å². The highest BCUT2D eigenvalue weighted by atomic mass is 28.3. The number of hydrogen-bond acceptors (Lipinski definition) is 1. The summed E-state index contributed by atoms with van der Waals surface area (Å²) >= 11 is 0. The fourth-order valence-corrected chi connectivity index (χ4v) is 8.88. The quantitative estimate of drug-likeness (QED) is 0.407. The molecule has 0 aromatic heterocycles. The summed E-state index contributed by atoms with van der Waals surface area (Å²) in [6, 6.07) is 17.6. The lowest BCUT2D eigenvalue weighted by atomic mass is 9.97. The van der Waals surface area contributed by atoms with Crippen molar-refractivity contribution >= 4 is 14.3 Å². The van der Waals surface area contributed by atoms with Gasteiger partial charge in [-0.15, -0.1) is 0 Å². The summed E-state index contributed by atoms with van der Waals surface area (Å²) in [5.41, 5.74) is 7.77. The van der Waals surface area contributed by atoms with E-state index in [-0.39, 0.29) is 5.54 Å². The fourth-order valence-electron chi connectivity index (χ4n) is 4.55. The van der Waals surface area contributed by atoms with Crippen LogP contribution in [0.25, 0.3) is 17.2 Å². The van der Waals surface area contributed by atoms with E-state index in [2.05, 4.69) is 107 Å². The highest BCUT2D eigenvalue weighted by Crippen LogP contribution is 2.44. The molecule has 2 aromatic rings. The highest BCUT2D eigenvalue weighted by Gasteiger charge is 2.40. The molecule has 1 nitrogen and oxygen atoms in total. The Bertz CT molecular complexity index is 882. The zero-order chi connectivity index (χ0) is 21.7. The lowest BCUT2D eigenvalue weighted by molar-refractivity contribution is 0.508. The molecule has 0 radical (unpaired) electrons. The molecule has 1 N–H and O–H groups in total. The van der Waals surface area contributed by atoms with Crippen molar-refractivity contribution in [1.82, 2.24) is 4.98 Å². The van der Waals surface area contributed by atoms with Gasteiger partial charge in [0.15, 0.2) is 0 Å². The predicted molar refractivity (Wildman–Crippen MR) is 134 cm³/mol. The van der Waals surface area contributed by atoms with Gasteiger partial charge in [0.05, 0.1) is 0 Å². The number of fused-ring (bicyclic) bond motifs is 1. The molecular weight excluding hydrogens is 366 g/mol. The van der Waals surface area contributed by atoms with Crippen LogP contribution < -0.4 is 4.98 Å². The summed E-state index contributed by atoms with van der Waals surface area (Å²) in [6.07, 6.45) is 7.99. The molecule has 0 aliphatic heterocycles. The maximum Gasteiger partial charge on any atom is 0.131 e. The Hall–Kier alpha value is -2.16. The number of rotatable bonds is 4. The third kappa shape index (κ3) is 5.91. The molecule has 0 fully saturated rings. The minimum atomic E-state index is -1.66. The average molecular weight is 404 g/mol. The van der Waals surface area contributed by atoms with Gasteiger partial charge in [-0.25, -0.2) is 0 Å². The summed E-state index contributed by atoms with van der Waals surface area (Å²) < 4.78 is 0. The molecule has 2 heteroatoms. The molecule has 1 aliphatic rings. The second-order valence-corrected chi connectivity index (χ2v) is 13.6. The van der Waals surface area contributed by atoms with Gasteiger partial charge in [0, 0.05) is 11.1 Å². The summed E-state index contributed by atoms with van der Waals surface area (Å²) in [6.45, 7) is 19.5. The third-order valence-corrected chi connectivity index (χ3v) is 8.71. The molecule has 154 valence electrons. The molecule has 1 aliphatic carbocycles. The van der Waals surface area contributed by atoms with Crippen LogP contribution in [0.4, 0.5) is 0 Å². The highest BCUT2D eigenvalue weighted by molar-refractivity contribution is 6.77. The van der Waals surface area contributed by atoms with E-state index in [0.717, 1.165) is 0 Å². The summed E-state index contributed by atoms with van der Waals surface area (Å²) in [5, 5.41) is 0. The van der Waals surface area contributed by atoms with Crippen LogP contribution in [0.2, 0.25) is 13.1 Å². The van der Waals surface area contributed by atoms with Crippen molar-refractivity contribution in [1.29, 1.82) is 0 Å². The van der Waals surface area contributed by atoms with Gasteiger partial charge in [-0.05, 0) is 56.9 Å². The zero-order valence-electron chi connectivity index (χ0n) is 19.2. The molecule has 3 rings (SSSR count). The molecule has 0 spiro atoms. The second kappa shape index (κ2) is 9.56. The van der Waals surface area contributed by atoms with Gasteiger partial charge in [0.1, 0.15) is 8.24 Å². The van der Waals surface area contributed by atoms with Gasteiger partial charge in [-0.1, -0.05) is 98.1 Å². The molecule has 0 heterocycles. The molecule has 0 bridgehead atoms. The van der Waals surface area contributed by atoms with Crippen molar-refractivity contribution in [2.75, 3.05) is 0 Å². The van der Waals surface area contributed by atoms with Crippen LogP contribution in [-0.4, -0.2) is 13.8 Å². The Morgan fingerprint density at radius 2 is 1.66 bits per heavy atom. The molecule has 0 amide bonds. The van der Waals surface area contributed by atoms with Gasteiger partial charge < -0.3 is 4.98 Å². The predicted octanol–water partition coefficient (Wildman–Crippen LogP) is 7.74. The molecule has 1 atom stereocenters. The van der Waals surface area contributed by atoms with Crippen molar-refractivity contribution < 1.29 is 0 Å². The Labute approximate surface area is 179 Å². The van der Waals surface area contributed by atoms with Crippen molar-refractivity contribution in [2.45, 2.75) is 58.8 Å². The van der Waals surface area contributed by atoms with Crippen LogP contribution in [-0.2, 0) is 0 Å². The molecule has 0 saturated heterocycles. The monoisotopic (exact) mass is 403 g/mol. The molecule has 2 aromatic carbocycles. The normalized spacial score (nSPS) is 16.1. The molecule has 29 heavy (non-hydrogen) atoms. The first-order valence-electron chi connectivity index (χ1n) is 10.5. The van der Waals surface area contributed by atoms with E-state index in [1.807, 2.05) is 19.1 Å². The lowest BCUT2D eigenvalue weighted by Crippen LogP contribution is -2.58. The smallest absolute Gasteiger partial charge is 0.131 e. The van der Waals surface area contributed by atoms with Crippen molar-refractivity contribution in [2.24, 2.45) is 0 Å². The molecule has 1 unspecified atom stereocenters. The topological polar surface area (TPSA) is 12.0 Å². The summed E-state index contributed by atoms with van der Waals surface area (Å²) in [4.78, 5) is 3.97. The van der Waals surface area contributed by atoms with E-state index in [0.29, 0.717) is 5.54 Å². The first-order chi connectivity index (χ1) is 13.6. The Kier molecular flexibility index (Phi) is 7.62. The van der Waals surface area contributed by atoms with E-state index in [1.165, 1.54) is 27.8 Å². The fraction of sp³-hybridized carbons (Fsp3) is 0.333. The van der Waals surface area contributed by atoms with Gasteiger partial charge >= 0.3 is 0 Å². The lowest BCUT2D eigenvalue weighted by Gasteiger charge is -2.39. The first-order valence-corrected chi connectivity index (χ1v) is 13.6. The number of benzene rings is 2. The van der Waals surface area contributed by atoms with Gasteiger partial charge in [0.2, 0.25) is 0 Å².